The molecule has 0 radical (unpaired) electrons. The van der Waals surface area contributed by atoms with E-state index >= 15 is 4.39 Å². The largest absolute Gasteiger partial charge is 0.460 e. The maximum atomic E-state index is 15.4. The van der Waals surface area contributed by atoms with Crippen molar-refractivity contribution in [3.8, 4) is 17.3 Å². The zero-order valence-corrected chi connectivity index (χ0v) is 30.3. The maximum Gasteiger partial charge on any atom is 0.407 e. The van der Waals surface area contributed by atoms with E-state index in [0.717, 1.165) is 23.8 Å². The number of nitriles is 1. The van der Waals surface area contributed by atoms with Crippen LogP contribution in [-0.4, -0.2) is 95.8 Å². The lowest BCUT2D eigenvalue weighted by molar-refractivity contribution is -0.848. The number of nitrogens with zero attached hydrogens (tertiary/aromatic N) is 6. The van der Waals surface area contributed by atoms with E-state index < -0.39 is 34.8 Å². The Bertz CT molecular complexity index is 1760. The molecule has 4 rings (SSSR count). The molecule has 0 bridgehead atoms. The summed E-state index contributed by atoms with van der Waals surface area (Å²) in [4.78, 5) is 35.5. The Morgan fingerprint density at radius 1 is 1.16 bits per heavy atom. The van der Waals surface area contributed by atoms with Gasteiger partial charge in [0.2, 0.25) is 6.34 Å². The molecule has 1 aliphatic heterocycles. The molecule has 1 aliphatic rings. The number of aromatic nitrogens is 1. The number of esters is 1. The number of rotatable bonds is 16. The van der Waals surface area contributed by atoms with Crippen molar-refractivity contribution in [3.05, 3.63) is 75.6 Å². The molecule has 3 aromatic rings. The van der Waals surface area contributed by atoms with E-state index in [9.17, 15) is 19.1 Å². The lowest BCUT2D eigenvalue weighted by Crippen LogP contribution is -2.54. The molecule has 0 saturated heterocycles. The number of carbonyl (C=O) groups is 2. The van der Waals surface area contributed by atoms with Crippen LogP contribution < -0.4 is 5.32 Å². The van der Waals surface area contributed by atoms with Crippen LogP contribution in [0, 0.1) is 23.0 Å². The number of carbonyl (C=O) groups excluding carboxylic acids is 2. The molecule has 12 nitrogen and oxygen atoms in total. The Hall–Kier alpha value is -4.62. The highest BCUT2D eigenvalue weighted by molar-refractivity contribution is 7.10. The van der Waals surface area contributed by atoms with Crippen LogP contribution in [0.5, 0.6) is 0 Å². The Kier molecular flexibility index (Phi) is 13.1. The first-order chi connectivity index (χ1) is 24.2. The molecule has 0 saturated carbocycles. The van der Waals surface area contributed by atoms with Crippen LogP contribution in [0.2, 0.25) is 0 Å². The van der Waals surface area contributed by atoms with Crippen LogP contribution in [-0.2, 0) is 19.9 Å². The Morgan fingerprint density at radius 3 is 2.55 bits per heavy atom. The highest BCUT2D eigenvalue weighted by atomic mass is 32.1. The van der Waals surface area contributed by atoms with E-state index in [1.165, 1.54) is 24.0 Å². The van der Waals surface area contributed by atoms with E-state index in [-0.39, 0.29) is 48.8 Å². The number of amides is 1. The van der Waals surface area contributed by atoms with E-state index in [1.807, 2.05) is 32.6 Å². The fourth-order valence-corrected chi connectivity index (χ4v) is 6.54. The zero-order valence-electron chi connectivity index (χ0n) is 29.4. The maximum absolute atomic E-state index is 15.4. The van der Waals surface area contributed by atoms with E-state index in [1.54, 1.807) is 36.6 Å². The van der Waals surface area contributed by atoms with Crippen molar-refractivity contribution in [1.29, 1.82) is 5.26 Å². The van der Waals surface area contributed by atoms with Crippen LogP contribution in [0.4, 0.5) is 13.6 Å². The van der Waals surface area contributed by atoms with Crippen LogP contribution in [0.15, 0.2) is 57.9 Å². The number of ether oxygens (including phenoxy) is 2. The van der Waals surface area contributed by atoms with Gasteiger partial charge in [0.15, 0.2) is 11.9 Å². The van der Waals surface area contributed by atoms with Crippen molar-refractivity contribution in [1.82, 2.24) is 15.2 Å². The number of alkyl carbamates (subject to hydrolysis) is 1. The molecule has 1 aromatic heterocycles. The monoisotopic (exact) mass is 724 g/mol. The van der Waals surface area contributed by atoms with Crippen LogP contribution in [0.25, 0.3) is 11.3 Å². The third-order valence-corrected chi connectivity index (χ3v) is 9.39. The van der Waals surface area contributed by atoms with Crippen molar-refractivity contribution in [2.75, 3.05) is 45.9 Å². The average molecular weight is 725 g/mol. The minimum Gasteiger partial charge on any atom is -0.460 e. The third-order valence-electron chi connectivity index (χ3n) is 8.37. The number of hydrogen-bond acceptors (Lipinski definition) is 11. The fraction of sp³-hybridized carbons (Fsp3) is 0.444. The van der Waals surface area contributed by atoms with Gasteiger partial charge < -0.3 is 24.8 Å². The molecule has 51 heavy (non-hydrogen) atoms. The molecule has 3 atom stereocenters. The molecule has 0 spiro atoms. The second-order valence-electron chi connectivity index (χ2n) is 13.2. The van der Waals surface area contributed by atoms with E-state index in [0.29, 0.717) is 35.9 Å². The second-order valence-corrected chi connectivity index (χ2v) is 14.1. The van der Waals surface area contributed by atoms with Crippen molar-refractivity contribution in [2.24, 2.45) is 10.1 Å². The summed E-state index contributed by atoms with van der Waals surface area (Å²) >= 11 is 1.25. The zero-order chi connectivity index (χ0) is 37.2. The van der Waals surface area contributed by atoms with E-state index in [2.05, 4.69) is 21.5 Å². The van der Waals surface area contributed by atoms with Crippen LogP contribution in [0.3, 0.4) is 0 Å². The molecule has 0 fully saturated rings. The molecule has 2 N–H and O–H groups in total. The number of benzene rings is 2. The summed E-state index contributed by atoms with van der Waals surface area (Å²) in [5, 5.41) is 31.0. The van der Waals surface area contributed by atoms with Gasteiger partial charge in [-0.05, 0) is 57.6 Å². The second kappa shape index (κ2) is 17.1. The van der Waals surface area contributed by atoms with Crippen molar-refractivity contribution in [2.45, 2.75) is 58.2 Å². The molecular weight excluding hydrogens is 681 g/mol. The number of thiazole rings is 1. The Labute approximate surface area is 300 Å². The number of likely N-dealkylation sites (N-methyl/N-ethyl adjacent to an activating group) is 1. The number of nitrogens with one attached hydrogen (secondary N) is 1. The minimum absolute atomic E-state index is 0.0325. The molecule has 272 valence electrons. The first-order valence-corrected chi connectivity index (χ1v) is 17.5. The van der Waals surface area contributed by atoms with Gasteiger partial charge in [0.25, 0.3) is 0 Å². The van der Waals surface area contributed by atoms with Gasteiger partial charge in [0.05, 0.1) is 28.8 Å². The topological polar surface area (TPSA) is 150 Å². The molecule has 2 aromatic carbocycles. The van der Waals surface area contributed by atoms with Gasteiger partial charge in [-0.15, -0.1) is 15.9 Å². The smallest absolute Gasteiger partial charge is 0.407 e. The molecule has 0 aliphatic carbocycles. The SMILES string of the molecule is CCN(CCNC(=O)OCC[N+]1(C[C@](O)(c2cc(F)ccc2F)[C@@H](C)c2nc(-c3ccc(C#N)cc3)cs2)C=NC=N1)CCC(=O)OC(C)(C)C. The van der Waals surface area contributed by atoms with Crippen LogP contribution >= 0.6 is 11.3 Å². The summed E-state index contributed by atoms with van der Waals surface area (Å²) in [6, 6.07) is 11.8. The van der Waals surface area contributed by atoms with Crippen LogP contribution in [0.1, 0.15) is 63.1 Å². The highest BCUT2D eigenvalue weighted by Crippen LogP contribution is 2.42. The predicted molar refractivity (Wildman–Crippen MR) is 190 cm³/mol. The fourth-order valence-electron chi connectivity index (χ4n) is 5.57. The number of hydrogen-bond donors (Lipinski definition) is 2. The van der Waals surface area contributed by atoms with Gasteiger partial charge in [-0.1, -0.05) is 31.1 Å². The van der Waals surface area contributed by atoms with Crippen molar-refractivity contribution >= 4 is 36.1 Å². The molecule has 1 amide bonds. The standard InChI is InChI=1S/C36H43F2N7O5S/c1-6-44(15-13-32(46)50-35(3,4)5)16-14-41-34(47)49-18-17-45(24-40-23-42-45)22-36(48,29-19-28(37)11-12-30(29)38)25(2)33-43-31(21-51-33)27-9-7-26(20-39)8-10-27/h7-12,19,21,23-25,48H,6,13-18,22H2,1-5H3/p+1/t25-,36+,45?/m0/s1. The van der Waals surface area contributed by atoms with E-state index in [4.69, 9.17) is 19.7 Å². The molecule has 2 heterocycles. The molecule has 1 unspecified atom stereocenters. The highest BCUT2D eigenvalue weighted by Gasteiger charge is 2.49. The third kappa shape index (κ3) is 10.7. The first-order valence-electron chi connectivity index (χ1n) is 16.6. The van der Waals surface area contributed by atoms with Crippen molar-refractivity contribution in [3.63, 3.8) is 0 Å². The van der Waals surface area contributed by atoms with Gasteiger partial charge in [0.1, 0.15) is 36.9 Å². The quantitative estimate of drug-likeness (QED) is 0.145. The lowest BCUT2D eigenvalue weighted by atomic mass is 9.81. The van der Waals surface area contributed by atoms with Gasteiger partial charge in [-0.2, -0.15) is 10.3 Å². The normalized spacial score (nSPS) is 17.2. The first kappa shape index (κ1) is 39.2. The number of quaternary nitrogens is 1. The molecular formula is C36H44F2N7O5S+. The lowest BCUT2D eigenvalue weighted by Gasteiger charge is -2.38. The van der Waals surface area contributed by atoms with Gasteiger partial charge in [-0.3, -0.25) is 4.79 Å². The number of halogens is 2. The van der Waals surface area contributed by atoms with Gasteiger partial charge >= 0.3 is 12.1 Å². The van der Waals surface area contributed by atoms with Crippen molar-refractivity contribution < 1.29 is 37.5 Å². The summed E-state index contributed by atoms with van der Waals surface area (Å²) in [7, 11) is 0. The minimum atomic E-state index is -2.05. The summed E-state index contributed by atoms with van der Waals surface area (Å²) < 4.78 is 40.4. The summed E-state index contributed by atoms with van der Waals surface area (Å²) in [5.74, 6) is -2.69. The van der Waals surface area contributed by atoms with Gasteiger partial charge in [-0.25, -0.2) is 18.6 Å². The number of aliphatic imine (C=N–C) groups is 1. The predicted octanol–water partition coefficient (Wildman–Crippen LogP) is 5.53. The summed E-state index contributed by atoms with van der Waals surface area (Å²) in [6.07, 6.45) is 2.29. The average Bonchev–Trinajstić information content (AvgIpc) is 3.77. The Morgan fingerprint density at radius 2 is 1.90 bits per heavy atom. The summed E-state index contributed by atoms with van der Waals surface area (Å²) in [5.41, 5.74) is -1.03. The summed E-state index contributed by atoms with van der Waals surface area (Å²) in [6.45, 7) is 10.6. The molecule has 15 heteroatoms. The van der Waals surface area contributed by atoms with Gasteiger partial charge in [0, 0.05) is 42.1 Å². The Balaban J connectivity index is 1.43. The number of aliphatic hydroxyl groups is 1.